The molecule has 0 aliphatic rings. The van der Waals surface area contributed by atoms with Crippen molar-refractivity contribution in [3.63, 3.8) is 0 Å². The number of pyridine rings is 1. The van der Waals surface area contributed by atoms with E-state index in [-0.39, 0.29) is 19.0 Å². The summed E-state index contributed by atoms with van der Waals surface area (Å²) in [5, 5.41) is 6.86. The quantitative estimate of drug-likeness (QED) is 0.342. The third-order valence-corrected chi connectivity index (χ3v) is 6.47. The minimum Gasteiger partial charge on any atom is -0.340 e. The second-order valence-electron chi connectivity index (χ2n) is 6.43. The number of nitrogens with zero attached hydrogens (tertiary/aromatic N) is 3. The van der Waals surface area contributed by atoms with Crippen LogP contribution in [0.25, 0.3) is 10.9 Å². The van der Waals surface area contributed by atoms with Gasteiger partial charge in [-0.2, -0.15) is 0 Å². The molecule has 0 saturated carbocycles. The van der Waals surface area contributed by atoms with E-state index < -0.39 is 19.7 Å². The van der Waals surface area contributed by atoms with Gasteiger partial charge in [0.05, 0.1) is 29.9 Å². The Kier molecular flexibility index (Phi) is 7.78. The molecule has 0 spiro atoms. The van der Waals surface area contributed by atoms with Crippen LogP contribution in [0, 0.1) is 12.3 Å². The topological polar surface area (TPSA) is 115 Å². The van der Waals surface area contributed by atoms with Gasteiger partial charge in [-0.3, -0.25) is 9.36 Å². The fraction of sp³-hybridized carbons (Fsp3) is 0.238. The molecular formula is C21H21ClN5O4P. The highest BCUT2D eigenvalue weighted by Gasteiger charge is 2.27. The van der Waals surface area contributed by atoms with E-state index in [0.29, 0.717) is 33.0 Å². The van der Waals surface area contributed by atoms with E-state index in [2.05, 4.69) is 31.5 Å². The lowest BCUT2D eigenvalue weighted by molar-refractivity contribution is -0.114. The molecule has 2 aromatic heterocycles. The van der Waals surface area contributed by atoms with Crippen molar-refractivity contribution in [3.8, 4) is 12.3 Å². The fourth-order valence-corrected chi connectivity index (χ4v) is 4.50. The van der Waals surface area contributed by atoms with Gasteiger partial charge >= 0.3 is 7.60 Å². The van der Waals surface area contributed by atoms with Crippen molar-refractivity contribution in [1.82, 2.24) is 15.0 Å². The Morgan fingerprint density at radius 3 is 2.62 bits per heavy atom. The molecule has 0 atom stereocenters. The zero-order valence-corrected chi connectivity index (χ0v) is 19.1. The van der Waals surface area contributed by atoms with Crippen molar-refractivity contribution in [2.75, 3.05) is 30.0 Å². The lowest BCUT2D eigenvalue weighted by Crippen LogP contribution is -2.19. The van der Waals surface area contributed by atoms with E-state index in [0.717, 1.165) is 0 Å². The van der Waals surface area contributed by atoms with Crippen LogP contribution in [0.2, 0.25) is 5.02 Å². The molecule has 11 heteroatoms. The first-order valence-corrected chi connectivity index (χ1v) is 11.8. The predicted molar refractivity (Wildman–Crippen MR) is 124 cm³/mol. The number of rotatable bonds is 9. The Hall–Kier alpha value is -3.02. The number of nitrogens with one attached hydrogen (secondary N) is 2. The van der Waals surface area contributed by atoms with Gasteiger partial charge in [-0.1, -0.05) is 17.5 Å². The molecule has 166 valence electrons. The summed E-state index contributed by atoms with van der Waals surface area (Å²) in [6, 6.07) is 6.78. The Labute approximate surface area is 190 Å². The summed E-state index contributed by atoms with van der Waals surface area (Å²) in [5.74, 6) is 2.68. The van der Waals surface area contributed by atoms with Gasteiger partial charge in [-0.25, -0.2) is 15.0 Å². The molecule has 0 aliphatic heterocycles. The van der Waals surface area contributed by atoms with Crippen LogP contribution in [0.3, 0.4) is 0 Å². The third kappa shape index (κ3) is 5.81. The molecule has 0 radical (unpaired) electrons. The Morgan fingerprint density at radius 2 is 1.94 bits per heavy atom. The van der Waals surface area contributed by atoms with Gasteiger partial charge in [0.25, 0.3) is 0 Å². The smallest absolute Gasteiger partial charge is 0.340 e. The van der Waals surface area contributed by atoms with E-state index in [4.69, 9.17) is 27.1 Å². The van der Waals surface area contributed by atoms with E-state index in [1.807, 2.05) is 0 Å². The van der Waals surface area contributed by atoms with Gasteiger partial charge in [0.15, 0.2) is 0 Å². The highest BCUT2D eigenvalue weighted by molar-refractivity contribution is 7.54. The molecule has 2 heterocycles. The Morgan fingerprint density at radius 1 is 1.19 bits per heavy atom. The lowest BCUT2D eigenvalue weighted by atomic mass is 10.2. The SMILES string of the molecule is C#Cc1cc(Nc2ncnc3cnc(NC(=O)CP(=O)(OCC)OCC)cc23)ccc1Cl. The van der Waals surface area contributed by atoms with Crippen molar-refractivity contribution in [1.29, 1.82) is 0 Å². The first-order valence-electron chi connectivity index (χ1n) is 9.69. The average molecular weight is 474 g/mol. The minimum atomic E-state index is -3.53. The molecule has 0 fully saturated rings. The summed E-state index contributed by atoms with van der Waals surface area (Å²) in [5.41, 5.74) is 1.78. The number of hydrogen-bond acceptors (Lipinski definition) is 8. The summed E-state index contributed by atoms with van der Waals surface area (Å²) in [6.45, 7) is 3.68. The number of hydrogen-bond donors (Lipinski definition) is 2. The van der Waals surface area contributed by atoms with Gasteiger partial charge in [-0.15, -0.1) is 6.42 Å². The fourth-order valence-electron chi connectivity index (χ4n) is 2.86. The van der Waals surface area contributed by atoms with Crippen LogP contribution in [-0.4, -0.2) is 40.2 Å². The number of fused-ring (bicyclic) bond motifs is 1. The second kappa shape index (κ2) is 10.5. The van der Waals surface area contributed by atoms with Gasteiger partial charge < -0.3 is 19.7 Å². The lowest BCUT2D eigenvalue weighted by Gasteiger charge is -2.16. The molecule has 3 rings (SSSR count). The standard InChI is InChI=1S/C21H21ClN5O4P/c1-4-14-9-15(7-8-17(14)22)26-21-16-10-19(23-11-18(16)24-13-25-21)27-20(28)12-32(29,30-5-2)31-6-3/h1,7-11,13H,5-6,12H2,2-3H3,(H,23,27,28)(H,24,25,26). The van der Waals surface area contributed by atoms with Crippen LogP contribution in [0.15, 0.2) is 36.8 Å². The normalized spacial score (nSPS) is 11.2. The van der Waals surface area contributed by atoms with Crippen LogP contribution in [0.1, 0.15) is 19.4 Å². The van der Waals surface area contributed by atoms with Gasteiger partial charge in [0.1, 0.15) is 24.1 Å². The number of terminal acetylenes is 1. The maximum atomic E-state index is 12.6. The maximum Gasteiger partial charge on any atom is 0.340 e. The summed E-state index contributed by atoms with van der Waals surface area (Å²) in [4.78, 5) is 25.1. The molecule has 2 N–H and O–H groups in total. The third-order valence-electron chi connectivity index (χ3n) is 4.16. The summed E-state index contributed by atoms with van der Waals surface area (Å²) < 4.78 is 22.9. The molecule has 9 nitrogen and oxygen atoms in total. The van der Waals surface area contributed by atoms with Crippen LogP contribution in [0.5, 0.6) is 0 Å². The number of benzene rings is 1. The molecule has 1 amide bonds. The number of amides is 1. The van der Waals surface area contributed by atoms with E-state index in [1.165, 1.54) is 12.5 Å². The van der Waals surface area contributed by atoms with Crippen molar-refractivity contribution in [3.05, 3.63) is 47.4 Å². The van der Waals surface area contributed by atoms with Crippen molar-refractivity contribution >= 4 is 53.3 Å². The van der Waals surface area contributed by atoms with Crippen LogP contribution in [-0.2, 0) is 18.4 Å². The largest absolute Gasteiger partial charge is 0.340 e. The number of carbonyl (C=O) groups excluding carboxylic acids is 1. The van der Waals surface area contributed by atoms with E-state index >= 15 is 0 Å². The first kappa shape index (κ1) is 23.6. The number of halogens is 1. The van der Waals surface area contributed by atoms with Gasteiger partial charge in [0.2, 0.25) is 5.91 Å². The molecule has 1 aromatic carbocycles. The van der Waals surface area contributed by atoms with E-state index in [9.17, 15) is 9.36 Å². The zero-order valence-electron chi connectivity index (χ0n) is 17.5. The highest BCUT2D eigenvalue weighted by atomic mass is 35.5. The molecule has 3 aromatic rings. The molecule has 0 bridgehead atoms. The number of carbonyl (C=O) groups is 1. The van der Waals surface area contributed by atoms with E-state index in [1.54, 1.807) is 38.1 Å². The summed E-state index contributed by atoms with van der Waals surface area (Å²) >= 11 is 6.07. The second-order valence-corrected chi connectivity index (χ2v) is 8.89. The van der Waals surface area contributed by atoms with Crippen molar-refractivity contribution < 1.29 is 18.4 Å². The predicted octanol–water partition coefficient (Wildman–Crippen LogP) is 4.61. The maximum absolute atomic E-state index is 12.6. The molecule has 0 unspecified atom stereocenters. The molecule has 0 saturated heterocycles. The summed E-state index contributed by atoms with van der Waals surface area (Å²) in [7, 11) is -3.53. The van der Waals surface area contributed by atoms with Crippen molar-refractivity contribution in [2.45, 2.75) is 13.8 Å². The van der Waals surface area contributed by atoms with Crippen molar-refractivity contribution in [2.24, 2.45) is 0 Å². The highest BCUT2D eigenvalue weighted by Crippen LogP contribution is 2.47. The van der Waals surface area contributed by atoms with Crippen LogP contribution < -0.4 is 10.6 Å². The van der Waals surface area contributed by atoms with Crippen LogP contribution in [0.4, 0.5) is 17.3 Å². The zero-order chi connectivity index (χ0) is 23.1. The minimum absolute atomic E-state index is 0.164. The molecular weight excluding hydrogens is 453 g/mol. The number of anilines is 3. The van der Waals surface area contributed by atoms with Gasteiger partial charge in [0, 0.05) is 16.6 Å². The monoisotopic (exact) mass is 473 g/mol. The molecule has 32 heavy (non-hydrogen) atoms. The van der Waals surface area contributed by atoms with Gasteiger partial charge in [-0.05, 0) is 38.1 Å². The molecule has 0 aliphatic carbocycles. The van der Waals surface area contributed by atoms with Crippen LogP contribution >= 0.6 is 19.2 Å². The Balaban J connectivity index is 1.84. The first-order chi connectivity index (χ1) is 15.4. The average Bonchev–Trinajstić information content (AvgIpc) is 2.75. The Bertz CT molecular complexity index is 1220. The summed E-state index contributed by atoms with van der Waals surface area (Å²) in [6.07, 6.45) is 7.94. The number of aromatic nitrogens is 3.